The zero-order valence-corrected chi connectivity index (χ0v) is 18.5. The summed E-state index contributed by atoms with van der Waals surface area (Å²) >= 11 is 5.98. The highest BCUT2D eigenvalue weighted by molar-refractivity contribution is 6.31. The molecule has 33 heavy (non-hydrogen) atoms. The molecule has 3 aliphatic carbocycles. The number of ether oxygens (including phenoxy) is 2. The van der Waals surface area contributed by atoms with Crippen LogP contribution in [0.1, 0.15) is 30.4 Å². The fourth-order valence-electron chi connectivity index (χ4n) is 4.53. The van der Waals surface area contributed by atoms with Crippen LogP contribution < -0.4 is 20.1 Å². The number of aryl methyl sites for hydroxylation is 1. The predicted octanol–water partition coefficient (Wildman–Crippen LogP) is 4.28. The molecule has 2 amide bonds. The quantitative estimate of drug-likeness (QED) is 0.589. The highest BCUT2D eigenvalue weighted by Gasteiger charge is 2.72. The van der Waals surface area contributed by atoms with Crippen molar-refractivity contribution in [3.8, 4) is 11.5 Å². The smallest absolute Gasteiger partial charge is 0.484 e. The third-order valence-corrected chi connectivity index (χ3v) is 6.45. The Hall–Kier alpha value is -2.94. The van der Waals surface area contributed by atoms with Gasteiger partial charge in [0.15, 0.2) is 6.61 Å². The zero-order chi connectivity index (χ0) is 23.9. The van der Waals surface area contributed by atoms with Crippen LogP contribution in [0.4, 0.5) is 13.2 Å². The van der Waals surface area contributed by atoms with Crippen LogP contribution in [-0.2, 0) is 16.1 Å². The molecule has 0 aliphatic heterocycles. The Balaban J connectivity index is 1.19. The standard InChI is InChI=1S/C23H22ClF3N2O4/c1-14-8-17(6-7-18(14)24)32-10-19(30)29-22-11-21(12-22,13-22)20(31)28-9-15-2-4-16(5-3-15)33-23(25,26)27/h2-8H,9-13H2,1H3,(H,28,31)(H,29,30). The summed E-state index contributed by atoms with van der Waals surface area (Å²) < 4.78 is 46.0. The molecule has 0 spiro atoms. The van der Waals surface area contributed by atoms with Gasteiger partial charge in [-0.05, 0) is 67.6 Å². The lowest BCUT2D eigenvalue weighted by molar-refractivity contribution is -0.274. The Morgan fingerprint density at radius 3 is 2.30 bits per heavy atom. The summed E-state index contributed by atoms with van der Waals surface area (Å²) in [6.07, 6.45) is -3.09. The van der Waals surface area contributed by atoms with E-state index >= 15 is 0 Å². The molecule has 10 heteroatoms. The van der Waals surface area contributed by atoms with Crippen LogP contribution in [0.2, 0.25) is 5.02 Å². The van der Waals surface area contributed by atoms with Gasteiger partial charge in [-0.2, -0.15) is 0 Å². The fourth-order valence-corrected chi connectivity index (χ4v) is 4.65. The van der Waals surface area contributed by atoms with Gasteiger partial charge in [-0.25, -0.2) is 0 Å². The van der Waals surface area contributed by atoms with Gasteiger partial charge in [0.25, 0.3) is 5.91 Å². The Bertz CT molecular complexity index is 1050. The lowest BCUT2D eigenvalue weighted by Gasteiger charge is -2.69. The molecule has 6 nitrogen and oxygen atoms in total. The summed E-state index contributed by atoms with van der Waals surface area (Å²) in [6, 6.07) is 10.5. The molecule has 0 atom stereocenters. The molecule has 3 aliphatic rings. The van der Waals surface area contributed by atoms with Crippen molar-refractivity contribution in [3.63, 3.8) is 0 Å². The van der Waals surface area contributed by atoms with Gasteiger partial charge in [-0.1, -0.05) is 23.7 Å². The monoisotopic (exact) mass is 482 g/mol. The van der Waals surface area contributed by atoms with Crippen molar-refractivity contribution in [2.24, 2.45) is 5.41 Å². The SMILES string of the molecule is Cc1cc(OCC(=O)NC23CC(C(=O)NCc4ccc(OC(F)(F)F)cc4)(C2)C3)ccc1Cl. The summed E-state index contributed by atoms with van der Waals surface area (Å²) in [5, 5.41) is 6.40. The zero-order valence-electron chi connectivity index (χ0n) is 17.7. The maximum absolute atomic E-state index is 12.6. The number of rotatable bonds is 8. The minimum atomic E-state index is -4.74. The first-order valence-corrected chi connectivity index (χ1v) is 10.7. The molecule has 0 unspecified atom stereocenters. The topological polar surface area (TPSA) is 76.7 Å². The molecule has 5 rings (SSSR count). The average molecular weight is 483 g/mol. The van der Waals surface area contributed by atoms with Crippen molar-refractivity contribution < 1.29 is 32.2 Å². The largest absolute Gasteiger partial charge is 0.573 e. The second-order valence-electron chi connectivity index (χ2n) is 8.71. The number of carbonyl (C=O) groups is 2. The van der Waals surface area contributed by atoms with E-state index in [-0.39, 0.29) is 36.3 Å². The average Bonchev–Trinajstić information content (AvgIpc) is 2.68. The van der Waals surface area contributed by atoms with E-state index in [1.54, 1.807) is 18.2 Å². The van der Waals surface area contributed by atoms with Crippen LogP contribution in [0.15, 0.2) is 42.5 Å². The molecule has 2 N–H and O–H groups in total. The molecule has 0 saturated heterocycles. The molecule has 3 fully saturated rings. The number of nitrogens with one attached hydrogen (secondary N) is 2. The van der Waals surface area contributed by atoms with Gasteiger partial charge in [-0.15, -0.1) is 13.2 Å². The second kappa shape index (κ2) is 8.44. The first-order valence-electron chi connectivity index (χ1n) is 10.3. The molecule has 3 saturated carbocycles. The number of benzene rings is 2. The van der Waals surface area contributed by atoms with Gasteiger partial charge < -0.3 is 20.1 Å². The van der Waals surface area contributed by atoms with Gasteiger partial charge in [-0.3, -0.25) is 9.59 Å². The minimum Gasteiger partial charge on any atom is -0.484 e. The highest BCUT2D eigenvalue weighted by Crippen LogP contribution is 2.67. The summed E-state index contributed by atoms with van der Waals surface area (Å²) in [7, 11) is 0. The molecule has 2 bridgehead atoms. The summed E-state index contributed by atoms with van der Waals surface area (Å²) in [5.41, 5.74) is 0.639. The summed E-state index contributed by atoms with van der Waals surface area (Å²) in [6.45, 7) is 1.91. The maximum atomic E-state index is 12.6. The van der Waals surface area contributed by atoms with E-state index in [0.717, 1.165) is 5.56 Å². The third kappa shape index (κ3) is 5.19. The normalized spacial score (nSPS) is 23.1. The molecule has 2 aromatic carbocycles. The highest BCUT2D eigenvalue weighted by atomic mass is 35.5. The van der Waals surface area contributed by atoms with E-state index < -0.39 is 11.8 Å². The molecular formula is C23H22ClF3N2O4. The molecular weight excluding hydrogens is 461 g/mol. The molecule has 0 aromatic heterocycles. The van der Waals surface area contributed by atoms with Crippen LogP contribution >= 0.6 is 11.6 Å². The van der Waals surface area contributed by atoms with Crippen molar-refractivity contribution >= 4 is 23.4 Å². The molecule has 0 heterocycles. The number of amides is 2. The third-order valence-electron chi connectivity index (χ3n) is 6.03. The molecule has 2 aromatic rings. The lowest BCUT2D eigenvalue weighted by Crippen LogP contribution is -2.78. The van der Waals surface area contributed by atoms with Gasteiger partial charge >= 0.3 is 6.36 Å². The van der Waals surface area contributed by atoms with Crippen molar-refractivity contribution in [1.82, 2.24) is 10.6 Å². The predicted molar refractivity (Wildman–Crippen MR) is 114 cm³/mol. The van der Waals surface area contributed by atoms with Crippen LogP contribution in [0.25, 0.3) is 0 Å². The minimum absolute atomic E-state index is 0.123. The fraction of sp³-hybridized carbons (Fsp3) is 0.391. The van der Waals surface area contributed by atoms with E-state index in [2.05, 4.69) is 15.4 Å². The number of hydrogen-bond donors (Lipinski definition) is 2. The Morgan fingerprint density at radius 2 is 1.70 bits per heavy atom. The second-order valence-corrected chi connectivity index (χ2v) is 9.12. The van der Waals surface area contributed by atoms with Crippen LogP contribution in [-0.4, -0.2) is 30.3 Å². The number of hydrogen-bond acceptors (Lipinski definition) is 4. The molecule has 0 radical (unpaired) electrons. The van der Waals surface area contributed by atoms with E-state index in [0.29, 0.717) is 35.6 Å². The first kappa shape index (κ1) is 23.2. The summed E-state index contributed by atoms with van der Waals surface area (Å²) in [4.78, 5) is 24.8. The van der Waals surface area contributed by atoms with Gasteiger partial charge in [0.05, 0.1) is 5.41 Å². The van der Waals surface area contributed by atoms with Gasteiger partial charge in [0.2, 0.25) is 5.91 Å². The number of carbonyl (C=O) groups excluding carboxylic acids is 2. The van der Waals surface area contributed by atoms with Crippen molar-refractivity contribution in [2.75, 3.05) is 6.61 Å². The van der Waals surface area contributed by atoms with Crippen molar-refractivity contribution in [1.29, 1.82) is 0 Å². The molecule has 176 valence electrons. The Labute approximate surface area is 193 Å². The first-order chi connectivity index (χ1) is 15.5. The van der Waals surface area contributed by atoms with Gasteiger partial charge in [0.1, 0.15) is 11.5 Å². The van der Waals surface area contributed by atoms with Crippen molar-refractivity contribution in [3.05, 3.63) is 58.6 Å². The Morgan fingerprint density at radius 1 is 1.06 bits per heavy atom. The van der Waals surface area contributed by atoms with Crippen LogP contribution in [0.5, 0.6) is 11.5 Å². The van der Waals surface area contributed by atoms with Crippen LogP contribution in [0, 0.1) is 12.3 Å². The van der Waals surface area contributed by atoms with E-state index in [4.69, 9.17) is 16.3 Å². The van der Waals surface area contributed by atoms with Gasteiger partial charge in [0, 0.05) is 17.1 Å². The Kier molecular flexibility index (Phi) is 5.94. The van der Waals surface area contributed by atoms with Crippen LogP contribution in [0.3, 0.4) is 0 Å². The number of halogens is 4. The number of alkyl halides is 3. The van der Waals surface area contributed by atoms with E-state index in [1.807, 2.05) is 6.92 Å². The van der Waals surface area contributed by atoms with Crippen molar-refractivity contribution in [2.45, 2.75) is 44.6 Å². The van der Waals surface area contributed by atoms with E-state index in [9.17, 15) is 22.8 Å². The van der Waals surface area contributed by atoms with E-state index in [1.165, 1.54) is 24.3 Å². The lowest BCUT2D eigenvalue weighted by atomic mass is 9.39. The summed E-state index contributed by atoms with van der Waals surface area (Å²) in [5.74, 6) is -0.136. The maximum Gasteiger partial charge on any atom is 0.573 e.